The third-order valence-electron chi connectivity index (χ3n) is 11.8. The van der Waals surface area contributed by atoms with Crippen LogP contribution < -0.4 is 10.1 Å². The van der Waals surface area contributed by atoms with Crippen LogP contribution in [0.4, 0.5) is 9.59 Å². The first-order valence-corrected chi connectivity index (χ1v) is 20.2. The zero-order chi connectivity index (χ0) is 41.7. The zero-order valence-electron chi connectivity index (χ0n) is 34.9. The number of hydrogen-bond acceptors (Lipinski definition) is 10. The Morgan fingerprint density at radius 1 is 1.00 bits per heavy atom. The average molecular weight is 808 g/mol. The fourth-order valence-corrected chi connectivity index (χ4v) is 8.83. The van der Waals surface area contributed by atoms with Crippen molar-refractivity contribution in [2.75, 3.05) is 34.5 Å². The number of imidazole rings is 2. The van der Waals surface area contributed by atoms with E-state index in [2.05, 4.69) is 51.7 Å². The molecule has 3 amide bonds. The molecule has 15 heteroatoms. The highest BCUT2D eigenvalue weighted by Gasteiger charge is 2.43. The van der Waals surface area contributed by atoms with Crippen molar-refractivity contribution in [3.8, 4) is 28.1 Å². The van der Waals surface area contributed by atoms with Crippen molar-refractivity contribution in [3.63, 3.8) is 0 Å². The fourth-order valence-electron chi connectivity index (χ4n) is 8.83. The second kappa shape index (κ2) is 15.8. The minimum absolute atomic E-state index is 0.0737. The lowest BCUT2D eigenvalue weighted by Crippen LogP contribution is -2.55. The van der Waals surface area contributed by atoms with Gasteiger partial charge in [-0.1, -0.05) is 18.2 Å². The average Bonchev–Trinajstić information content (AvgIpc) is 4.03. The molecule has 3 aliphatic heterocycles. The summed E-state index contributed by atoms with van der Waals surface area (Å²) in [6, 6.07) is 13.1. The van der Waals surface area contributed by atoms with Gasteiger partial charge in [0.05, 0.1) is 54.8 Å². The van der Waals surface area contributed by atoms with E-state index in [-0.39, 0.29) is 36.0 Å². The Kier molecular flexibility index (Phi) is 10.8. The third kappa shape index (κ3) is 7.69. The molecule has 3 N–H and O–H groups in total. The third-order valence-corrected chi connectivity index (χ3v) is 11.8. The molecule has 3 aliphatic rings. The van der Waals surface area contributed by atoms with Gasteiger partial charge in [-0.15, -0.1) is 0 Å². The molecule has 0 radical (unpaired) electrons. The largest absolute Gasteiger partial charge is 0.488 e. The minimum atomic E-state index is -0.927. The van der Waals surface area contributed by atoms with E-state index < -0.39 is 23.8 Å². The van der Waals surface area contributed by atoms with Gasteiger partial charge in [-0.2, -0.15) is 0 Å². The Hall–Kier alpha value is -5.67. The summed E-state index contributed by atoms with van der Waals surface area (Å²) in [6.45, 7) is 10.8. The molecule has 0 spiro atoms. The molecule has 6 atom stereocenters. The van der Waals surface area contributed by atoms with Gasteiger partial charge in [-0.25, -0.2) is 19.6 Å². The molecule has 2 fully saturated rings. The van der Waals surface area contributed by atoms with Crippen LogP contribution in [0.5, 0.6) is 5.75 Å². The van der Waals surface area contributed by atoms with Crippen LogP contribution in [0.15, 0.2) is 48.7 Å². The molecule has 59 heavy (non-hydrogen) atoms. The number of carbonyl (C=O) groups excluding carboxylic acids is 3. The highest BCUT2D eigenvalue weighted by molar-refractivity contribution is 6.07. The number of benzene rings is 3. The SMILES string of the molecule is COC[C@H]1C[C@@H](c2ncc(-c3ccc4c(c3)COc3cc5c(ccc6[nH]c([C@@H]7CC[C@H](C)N7C(=O)[C@@H](NC(=O)OC)[C@@H](C)OC)nc65)cc3-4)[nH]2)N(C(=O)OC(C)(C)C)C1. The molecule has 312 valence electrons. The van der Waals surface area contributed by atoms with Crippen molar-refractivity contribution < 1.29 is 38.1 Å². The van der Waals surface area contributed by atoms with Crippen LogP contribution in [-0.2, 0) is 30.3 Å². The quantitative estimate of drug-likeness (QED) is 0.136. The first-order chi connectivity index (χ1) is 28.3. The number of likely N-dealkylation sites (tertiary alicyclic amines) is 2. The molecule has 15 nitrogen and oxygen atoms in total. The van der Waals surface area contributed by atoms with Gasteiger partial charge in [0.2, 0.25) is 5.91 Å². The number of ether oxygens (including phenoxy) is 5. The van der Waals surface area contributed by atoms with Gasteiger partial charge in [0.1, 0.15) is 35.6 Å². The molecule has 0 saturated carbocycles. The van der Waals surface area contributed by atoms with E-state index in [0.29, 0.717) is 37.8 Å². The summed E-state index contributed by atoms with van der Waals surface area (Å²) < 4.78 is 27.9. The fraction of sp³-hybridized carbons (Fsp3) is 0.477. The minimum Gasteiger partial charge on any atom is -0.488 e. The number of rotatable bonds is 9. The standard InChI is InChI=1S/C44H53N7O8/c1-23-9-14-34(51(23)41(52)37(24(2)56-7)49-42(53)57-8)40-46-32-13-11-26-17-31-29-12-10-27(16-28(29)22-58-36(31)18-30(26)38(32)48-40)33-19-45-39(47-33)35-15-25(21-55-6)20-50(35)43(54)59-44(3,4)5/h10-13,16-19,23-25,34-35,37H,9,14-15,20-22H2,1-8H3,(H,45,47)(H,46,48)(H,49,53)/t23-,24+,25-,34-,35-,37-/m0/s1. The number of fused-ring (bicyclic) bond motifs is 6. The Labute approximate surface area is 343 Å². The van der Waals surface area contributed by atoms with Gasteiger partial charge < -0.3 is 43.9 Å². The monoisotopic (exact) mass is 807 g/mol. The zero-order valence-corrected chi connectivity index (χ0v) is 34.9. The number of aromatic amines is 2. The number of alkyl carbamates (subject to hydrolysis) is 1. The first-order valence-electron chi connectivity index (χ1n) is 20.2. The van der Waals surface area contributed by atoms with Gasteiger partial charge >= 0.3 is 12.2 Å². The molecule has 2 saturated heterocycles. The van der Waals surface area contributed by atoms with Crippen molar-refractivity contribution >= 4 is 39.9 Å². The molecule has 8 rings (SSSR count). The van der Waals surface area contributed by atoms with Crippen molar-refractivity contribution in [1.29, 1.82) is 0 Å². The Balaban J connectivity index is 1.06. The molecule has 3 aromatic carbocycles. The Morgan fingerprint density at radius 2 is 1.81 bits per heavy atom. The van der Waals surface area contributed by atoms with Crippen LogP contribution in [0.25, 0.3) is 44.2 Å². The molecular weight excluding hydrogens is 755 g/mol. The highest BCUT2D eigenvalue weighted by atomic mass is 16.6. The van der Waals surface area contributed by atoms with Crippen molar-refractivity contribution in [1.82, 2.24) is 35.1 Å². The van der Waals surface area contributed by atoms with Crippen molar-refractivity contribution in [3.05, 3.63) is 65.9 Å². The van der Waals surface area contributed by atoms with Crippen molar-refractivity contribution in [2.24, 2.45) is 5.92 Å². The van der Waals surface area contributed by atoms with E-state index in [1.54, 1.807) is 18.9 Å². The smallest absolute Gasteiger partial charge is 0.410 e. The predicted octanol–water partition coefficient (Wildman–Crippen LogP) is 7.42. The number of hydrogen-bond donors (Lipinski definition) is 3. The summed E-state index contributed by atoms with van der Waals surface area (Å²) >= 11 is 0. The molecular formula is C44H53N7O8. The van der Waals surface area contributed by atoms with Crippen LogP contribution >= 0.6 is 0 Å². The van der Waals surface area contributed by atoms with Crippen molar-refractivity contribution in [2.45, 2.75) is 96.4 Å². The van der Waals surface area contributed by atoms with Crippen LogP contribution in [-0.4, -0.2) is 106 Å². The molecule has 2 aromatic heterocycles. The molecule has 0 bridgehead atoms. The molecule has 0 aliphatic carbocycles. The van der Waals surface area contributed by atoms with Gasteiger partial charge in [0.25, 0.3) is 0 Å². The molecule has 5 aromatic rings. The van der Waals surface area contributed by atoms with E-state index in [1.807, 2.05) is 44.9 Å². The number of aromatic nitrogens is 4. The second-order valence-electron chi connectivity index (χ2n) is 16.9. The van der Waals surface area contributed by atoms with Crippen LogP contribution in [0.2, 0.25) is 0 Å². The van der Waals surface area contributed by atoms with Gasteiger partial charge in [-0.3, -0.25) is 9.69 Å². The maximum Gasteiger partial charge on any atom is 0.410 e. The number of carbonyl (C=O) groups is 3. The molecule has 0 unspecified atom stereocenters. The van der Waals surface area contributed by atoms with Gasteiger partial charge in [0, 0.05) is 43.7 Å². The van der Waals surface area contributed by atoms with Crippen LogP contribution in [0.3, 0.4) is 0 Å². The number of amides is 3. The maximum absolute atomic E-state index is 14.0. The summed E-state index contributed by atoms with van der Waals surface area (Å²) in [4.78, 5) is 59.9. The van der Waals surface area contributed by atoms with Crippen LogP contribution in [0.1, 0.15) is 83.2 Å². The lowest BCUT2D eigenvalue weighted by Gasteiger charge is -2.33. The normalized spacial score (nSPS) is 21.2. The van der Waals surface area contributed by atoms with E-state index in [1.165, 1.54) is 14.2 Å². The lowest BCUT2D eigenvalue weighted by atomic mass is 9.92. The number of methoxy groups -OCH3 is 3. The number of nitrogens with one attached hydrogen (secondary N) is 3. The lowest BCUT2D eigenvalue weighted by molar-refractivity contribution is -0.139. The summed E-state index contributed by atoms with van der Waals surface area (Å²) in [5.41, 5.74) is 5.99. The summed E-state index contributed by atoms with van der Waals surface area (Å²) in [5.74, 6) is 2.09. The predicted molar refractivity (Wildman–Crippen MR) is 221 cm³/mol. The highest BCUT2D eigenvalue weighted by Crippen LogP contribution is 2.44. The van der Waals surface area contributed by atoms with E-state index in [9.17, 15) is 14.4 Å². The topological polar surface area (TPSA) is 173 Å². The second-order valence-corrected chi connectivity index (χ2v) is 16.9. The number of nitrogens with zero attached hydrogens (tertiary/aromatic N) is 4. The van der Waals surface area contributed by atoms with E-state index >= 15 is 0 Å². The Morgan fingerprint density at radius 3 is 2.56 bits per heavy atom. The summed E-state index contributed by atoms with van der Waals surface area (Å²) in [7, 11) is 4.45. The summed E-state index contributed by atoms with van der Waals surface area (Å²) in [6.07, 6.45) is 2.41. The molecule has 5 heterocycles. The van der Waals surface area contributed by atoms with Gasteiger partial charge in [-0.05, 0) is 100 Å². The maximum atomic E-state index is 14.0. The summed E-state index contributed by atoms with van der Waals surface area (Å²) in [5, 5.41) is 4.62. The van der Waals surface area contributed by atoms with E-state index in [0.717, 1.165) is 68.3 Å². The number of H-pyrrole nitrogens is 2. The van der Waals surface area contributed by atoms with E-state index in [4.69, 9.17) is 33.7 Å². The van der Waals surface area contributed by atoms with Crippen LogP contribution in [0, 0.1) is 5.92 Å². The first kappa shape index (κ1) is 40.1. The Bertz CT molecular complexity index is 2400. The van der Waals surface area contributed by atoms with Gasteiger partial charge in [0.15, 0.2) is 0 Å².